The van der Waals surface area contributed by atoms with Crippen LogP contribution >= 0.6 is 11.8 Å². The number of H-pyrrole nitrogens is 1. The number of thioether (sulfide) groups is 1. The minimum atomic E-state index is -1.46. The molecule has 0 unspecified atom stereocenters. The zero-order valence-electron chi connectivity index (χ0n) is 12.6. The van der Waals surface area contributed by atoms with Crippen LogP contribution in [0.4, 0.5) is 5.95 Å². The van der Waals surface area contributed by atoms with Gasteiger partial charge in [-0.1, -0.05) is 11.8 Å². The number of nitrogens with zero attached hydrogens (tertiary/aromatic N) is 3. The van der Waals surface area contributed by atoms with Crippen LogP contribution in [-0.2, 0) is 9.53 Å². The first kappa shape index (κ1) is 17.6. The van der Waals surface area contributed by atoms with Crippen molar-refractivity contribution in [3.63, 3.8) is 0 Å². The number of carboxylic acid groups (broad SMARTS) is 1. The fourth-order valence-electron chi connectivity index (χ4n) is 2.53. The number of imidazole rings is 1. The van der Waals surface area contributed by atoms with Crippen molar-refractivity contribution >= 4 is 34.8 Å². The molecule has 0 spiro atoms. The summed E-state index contributed by atoms with van der Waals surface area (Å²) in [7, 11) is 0. The molecule has 0 radical (unpaired) electrons. The lowest BCUT2D eigenvalue weighted by Gasteiger charge is -2.18. The lowest BCUT2D eigenvalue weighted by molar-refractivity contribution is -0.133. The topological polar surface area (TPSA) is 197 Å². The normalized spacial score (nSPS) is 26.4. The highest BCUT2D eigenvalue weighted by Crippen LogP contribution is 2.35. The molecule has 1 fully saturated rings. The van der Waals surface area contributed by atoms with Gasteiger partial charge >= 0.3 is 5.97 Å². The molecule has 1 aliphatic rings. The molecule has 3 rings (SSSR count). The Kier molecular flexibility index (Phi) is 4.66. The third-order valence-corrected chi connectivity index (χ3v) is 4.57. The van der Waals surface area contributed by atoms with E-state index in [1.807, 2.05) is 0 Å². The van der Waals surface area contributed by atoms with Crippen LogP contribution in [0.15, 0.2) is 9.95 Å². The Labute approximate surface area is 143 Å². The summed E-state index contributed by atoms with van der Waals surface area (Å²) >= 11 is 0.778. The predicted molar refractivity (Wildman–Crippen MR) is 83.9 cm³/mol. The molecule has 0 aromatic carbocycles. The second-order valence-electron chi connectivity index (χ2n) is 5.30. The lowest BCUT2D eigenvalue weighted by Crippen LogP contribution is -2.33. The predicted octanol–water partition coefficient (Wildman–Crippen LogP) is -2.51. The molecule has 1 aliphatic heterocycles. The van der Waals surface area contributed by atoms with Crippen LogP contribution in [0.25, 0.3) is 11.2 Å². The van der Waals surface area contributed by atoms with Crippen LogP contribution in [0.2, 0.25) is 0 Å². The quantitative estimate of drug-likeness (QED) is 0.303. The number of anilines is 1. The van der Waals surface area contributed by atoms with Crippen molar-refractivity contribution < 1.29 is 30.0 Å². The number of carboxylic acids is 1. The van der Waals surface area contributed by atoms with Crippen LogP contribution < -0.4 is 11.3 Å². The summed E-state index contributed by atoms with van der Waals surface area (Å²) in [5.74, 6) is -1.70. The van der Waals surface area contributed by atoms with Crippen molar-refractivity contribution in [2.45, 2.75) is 29.7 Å². The summed E-state index contributed by atoms with van der Waals surface area (Å²) in [6.45, 7) is -0.547. The van der Waals surface area contributed by atoms with Gasteiger partial charge in [-0.3, -0.25) is 19.1 Å². The number of aliphatic hydroxyl groups is 3. The number of aliphatic hydroxyl groups excluding tert-OH is 3. The summed E-state index contributed by atoms with van der Waals surface area (Å²) in [6, 6.07) is 0. The number of hydrogen-bond acceptors (Lipinski definition) is 10. The van der Waals surface area contributed by atoms with E-state index in [0.29, 0.717) is 0 Å². The molecule has 0 aliphatic carbocycles. The van der Waals surface area contributed by atoms with Gasteiger partial charge < -0.3 is 30.9 Å². The molecule has 0 amide bonds. The van der Waals surface area contributed by atoms with E-state index >= 15 is 0 Å². The molecule has 7 N–H and O–H groups in total. The van der Waals surface area contributed by atoms with Gasteiger partial charge in [-0.25, -0.2) is 4.98 Å². The molecule has 25 heavy (non-hydrogen) atoms. The first-order valence-electron chi connectivity index (χ1n) is 7.08. The fourth-order valence-corrected chi connectivity index (χ4v) is 3.27. The molecule has 1 saturated heterocycles. The molecule has 2 aromatic rings. The zero-order chi connectivity index (χ0) is 18.3. The zero-order valence-corrected chi connectivity index (χ0v) is 13.4. The highest BCUT2D eigenvalue weighted by atomic mass is 32.2. The van der Waals surface area contributed by atoms with Crippen LogP contribution in [0.5, 0.6) is 0 Å². The molecule has 13 heteroatoms. The monoisotopic (exact) mass is 373 g/mol. The van der Waals surface area contributed by atoms with Gasteiger partial charge in [0.1, 0.15) is 18.3 Å². The number of nitrogens with one attached hydrogen (secondary N) is 1. The number of aromatic nitrogens is 4. The Morgan fingerprint density at radius 2 is 2.08 bits per heavy atom. The second-order valence-corrected chi connectivity index (χ2v) is 6.24. The van der Waals surface area contributed by atoms with Crippen LogP contribution in [-0.4, -0.2) is 76.6 Å². The van der Waals surface area contributed by atoms with Crippen LogP contribution in [0.1, 0.15) is 6.23 Å². The largest absolute Gasteiger partial charge is 0.481 e. The summed E-state index contributed by atoms with van der Waals surface area (Å²) in [5, 5.41) is 38.3. The van der Waals surface area contributed by atoms with E-state index in [4.69, 9.17) is 15.6 Å². The standard InChI is InChI=1S/C12H15N5O7S/c13-11-15-8-5(9(23)16-11)14-12(25-2-4(19)20)17(8)10-7(22)6(21)3(1-18)24-10/h3,6-7,10,18,21-22H,1-2H2,(H,19,20)(H3,13,15,16,23)/t3-,6+,7-,10-/m0/s1. The summed E-state index contributed by atoms with van der Waals surface area (Å²) < 4.78 is 6.63. The molecule has 12 nitrogen and oxygen atoms in total. The average molecular weight is 373 g/mol. The average Bonchev–Trinajstić information content (AvgIpc) is 3.04. The summed E-state index contributed by atoms with van der Waals surface area (Å²) in [5.41, 5.74) is 4.73. The first-order chi connectivity index (χ1) is 11.8. The molecule has 136 valence electrons. The van der Waals surface area contributed by atoms with E-state index in [0.717, 1.165) is 11.8 Å². The number of aromatic amines is 1. The minimum absolute atomic E-state index is 0.0378. The smallest absolute Gasteiger partial charge is 0.313 e. The van der Waals surface area contributed by atoms with Gasteiger partial charge in [0.2, 0.25) is 5.95 Å². The number of nitrogen functional groups attached to an aromatic ring is 1. The van der Waals surface area contributed by atoms with E-state index in [1.165, 1.54) is 4.57 Å². The highest BCUT2D eigenvalue weighted by Gasteiger charge is 2.45. The fraction of sp³-hybridized carbons (Fsp3) is 0.500. The van der Waals surface area contributed by atoms with Gasteiger partial charge in [-0.05, 0) is 0 Å². The number of nitrogens with two attached hydrogens (primary N) is 1. The molecule has 3 heterocycles. The maximum atomic E-state index is 12.0. The van der Waals surface area contributed by atoms with Crippen molar-refractivity contribution in [3.8, 4) is 0 Å². The Morgan fingerprint density at radius 1 is 1.36 bits per heavy atom. The third-order valence-electron chi connectivity index (χ3n) is 3.63. The SMILES string of the molecule is Nc1nc2c(nc(SCC(=O)O)n2[C@H]2O[C@@H](CO)[C@@H](O)[C@@H]2O)c(=O)[nH]1. The van der Waals surface area contributed by atoms with E-state index in [1.54, 1.807) is 0 Å². The van der Waals surface area contributed by atoms with E-state index in [-0.39, 0.29) is 28.0 Å². The lowest BCUT2D eigenvalue weighted by atomic mass is 10.1. The summed E-state index contributed by atoms with van der Waals surface area (Å²) in [4.78, 5) is 33.1. The van der Waals surface area contributed by atoms with Crippen molar-refractivity contribution in [2.24, 2.45) is 0 Å². The Hall–Kier alpha value is -2.19. The van der Waals surface area contributed by atoms with Crippen molar-refractivity contribution in [2.75, 3.05) is 18.1 Å². The minimum Gasteiger partial charge on any atom is -0.481 e. The second kappa shape index (κ2) is 6.61. The molecular formula is C12H15N5O7S. The Bertz CT molecular complexity index is 867. The molecule has 4 atom stereocenters. The van der Waals surface area contributed by atoms with Gasteiger partial charge in [-0.15, -0.1) is 0 Å². The van der Waals surface area contributed by atoms with Gasteiger partial charge in [-0.2, -0.15) is 4.98 Å². The number of fused-ring (bicyclic) bond motifs is 1. The van der Waals surface area contributed by atoms with Crippen molar-refractivity contribution in [1.82, 2.24) is 19.5 Å². The maximum Gasteiger partial charge on any atom is 0.313 e. The number of rotatable bonds is 5. The van der Waals surface area contributed by atoms with Crippen LogP contribution in [0, 0.1) is 0 Å². The highest BCUT2D eigenvalue weighted by molar-refractivity contribution is 7.99. The van der Waals surface area contributed by atoms with Gasteiger partial charge in [0.15, 0.2) is 22.5 Å². The molecular weight excluding hydrogens is 358 g/mol. The van der Waals surface area contributed by atoms with E-state index < -0.39 is 42.7 Å². The van der Waals surface area contributed by atoms with Crippen molar-refractivity contribution in [3.05, 3.63) is 10.4 Å². The van der Waals surface area contributed by atoms with Gasteiger partial charge in [0.05, 0.1) is 12.4 Å². The molecule has 0 saturated carbocycles. The van der Waals surface area contributed by atoms with Gasteiger partial charge in [0, 0.05) is 0 Å². The molecule has 2 aromatic heterocycles. The van der Waals surface area contributed by atoms with E-state index in [2.05, 4.69) is 15.0 Å². The maximum absolute atomic E-state index is 12.0. The van der Waals surface area contributed by atoms with Crippen LogP contribution in [0.3, 0.4) is 0 Å². The number of ether oxygens (including phenoxy) is 1. The first-order valence-corrected chi connectivity index (χ1v) is 8.06. The summed E-state index contributed by atoms with van der Waals surface area (Å²) in [6.07, 6.45) is -5.14. The number of hydrogen-bond donors (Lipinski definition) is 6. The third kappa shape index (κ3) is 3.07. The van der Waals surface area contributed by atoms with Crippen molar-refractivity contribution in [1.29, 1.82) is 0 Å². The van der Waals surface area contributed by atoms with E-state index in [9.17, 15) is 24.9 Å². The Balaban J connectivity index is 2.15. The number of carbonyl (C=O) groups is 1. The Morgan fingerprint density at radius 3 is 2.68 bits per heavy atom. The number of aliphatic carboxylic acids is 1. The molecule has 0 bridgehead atoms. The van der Waals surface area contributed by atoms with Gasteiger partial charge in [0.25, 0.3) is 5.56 Å².